The Bertz CT molecular complexity index is 644. The van der Waals surface area contributed by atoms with Crippen molar-refractivity contribution in [3.63, 3.8) is 0 Å². The molecule has 24 heavy (non-hydrogen) atoms. The van der Waals surface area contributed by atoms with Crippen molar-refractivity contribution in [3.05, 3.63) is 24.3 Å². The van der Waals surface area contributed by atoms with E-state index in [0.717, 1.165) is 30.8 Å². The minimum absolute atomic E-state index is 0.0238. The van der Waals surface area contributed by atoms with Gasteiger partial charge in [0.2, 0.25) is 0 Å². The number of benzene rings is 1. The fourth-order valence-corrected chi connectivity index (χ4v) is 4.88. The fourth-order valence-electron chi connectivity index (χ4n) is 2.80. The number of anilines is 1. The summed E-state index contributed by atoms with van der Waals surface area (Å²) in [7, 11) is -2.93. The Morgan fingerprint density at radius 2 is 2.04 bits per heavy atom. The van der Waals surface area contributed by atoms with Crippen LogP contribution < -0.4 is 10.1 Å². The number of ether oxygens (including phenoxy) is 1. The van der Waals surface area contributed by atoms with Gasteiger partial charge in [-0.1, -0.05) is 13.3 Å². The molecule has 1 N–H and O–H groups in total. The highest BCUT2D eigenvalue weighted by Crippen LogP contribution is 2.21. The van der Waals surface area contributed by atoms with Crippen molar-refractivity contribution in [2.24, 2.45) is 0 Å². The quantitative estimate of drug-likeness (QED) is 0.745. The molecule has 2 rings (SSSR count). The predicted molar refractivity (Wildman–Crippen MR) is 103 cm³/mol. The first-order valence-corrected chi connectivity index (χ1v) is 10.7. The number of hydrogen-bond acceptors (Lipinski definition) is 4. The first-order chi connectivity index (χ1) is 11.4. The van der Waals surface area contributed by atoms with Crippen molar-refractivity contribution in [3.8, 4) is 5.75 Å². The third kappa shape index (κ3) is 5.34. The molecule has 5 nitrogen and oxygen atoms in total. The first-order valence-electron chi connectivity index (χ1n) is 8.46. The van der Waals surface area contributed by atoms with Crippen molar-refractivity contribution < 1.29 is 13.2 Å². The van der Waals surface area contributed by atoms with Crippen molar-refractivity contribution in [1.29, 1.82) is 0 Å². The normalized spacial score (nSPS) is 19.0. The molecule has 134 valence electrons. The molecule has 0 saturated carbocycles. The van der Waals surface area contributed by atoms with Crippen LogP contribution in [0, 0.1) is 0 Å². The van der Waals surface area contributed by atoms with Gasteiger partial charge in [0, 0.05) is 18.3 Å². The Kier molecular flexibility index (Phi) is 6.86. The third-order valence-electron chi connectivity index (χ3n) is 4.08. The third-order valence-corrected chi connectivity index (χ3v) is 6.17. The lowest BCUT2D eigenvalue weighted by atomic mass is 10.2. The van der Waals surface area contributed by atoms with Crippen LogP contribution in [-0.2, 0) is 9.84 Å². The summed E-state index contributed by atoms with van der Waals surface area (Å²) in [6, 6.07) is 7.60. The zero-order chi connectivity index (χ0) is 17.6. The second-order valence-electron chi connectivity index (χ2n) is 5.99. The minimum atomic E-state index is -2.93. The first kappa shape index (κ1) is 19.0. The van der Waals surface area contributed by atoms with Gasteiger partial charge in [-0.3, -0.25) is 0 Å². The molecule has 1 aromatic rings. The average Bonchev–Trinajstić information content (AvgIpc) is 2.90. The van der Waals surface area contributed by atoms with Crippen LogP contribution in [0.1, 0.15) is 33.1 Å². The van der Waals surface area contributed by atoms with Crippen molar-refractivity contribution in [1.82, 2.24) is 4.90 Å². The second kappa shape index (κ2) is 8.67. The number of hydrogen-bond donors (Lipinski definition) is 1. The molecular formula is C17H26N2O3S2. The van der Waals surface area contributed by atoms with Gasteiger partial charge in [0.15, 0.2) is 14.9 Å². The van der Waals surface area contributed by atoms with E-state index in [-0.39, 0.29) is 17.5 Å². The molecule has 1 aromatic carbocycles. The van der Waals surface area contributed by atoms with E-state index < -0.39 is 9.84 Å². The number of thiocarbonyl (C=S) groups is 1. The molecule has 1 aliphatic rings. The lowest BCUT2D eigenvalue weighted by molar-refractivity contribution is 0.333. The molecule has 1 aliphatic heterocycles. The van der Waals surface area contributed by atoms with Gasteiger partial charge in [0.25, 0.3) is 0 Å². The average molecular weight is 371 g/mol. The summed E-state index contributed by atoms with van der Waals surface area (Å²) in [5.41, 5.74) is 0.880. The number of nitrogens with one attached hydrogen (secondary N) is 1. The minimum Gasteiger partial charge on any atom is -0.494 e. The van der Waals surface area contributed by atoms with Crippen LogP contribution in [0.25, 0.3) is 0 Å². The summed E-state index contributed by atoms with van der Waals surface area (Å²) < 4.78 is 29.0. The fraction of sp³-hybridized carbons (Fsp3) is 0.588. The predicted octanol–water partition coefficient (Wildman–Crippen LogP) is 3.07. The Hall–Kier alpha value is -1.34. The Labute approximate surface area is 150 Å². The van der Waals surface area contributed by atoms with Crippen molar-refractivity contribution in [2.45, 2.75) is 39.2 Å². The van der Waals surface area contributed by atoms with Crippen LogP contribution in [0.5, 0.6) is 5.75 Å². The molecular weight excluding hydrogens is 344 g/mol. The van der Waals surface area contributed by atoms with Gasteiger partial charge < -0.3 is 15.0 Å². The van der Waals surface area contributed by atoms with Gasteiger partial charge in [0.1, 0.15) is 5.75 Å². The molecule has 7 heteroatoms. The molecule has 1 atom stereocenters. The standard InChI is InChI=1S/C17H26N2O3S2/c1-3-5-11-19(15-10-12-24(20,21)13-15)17(23)18-14-6-8-16(9-7-14)22-4-2/h6-9,15H,3-5,10-13H2,1-2H3,(H,18,23)/t15-/m1/s1. The molecule has 1 saturated heterocycles. The number of nitrogens with zero attached hydrogens (tertiary/aromatic N) is 1. The van der Waals surface area contributed by atoms with Gasteiger partial charge in [-0.05, 0) is 56.2 Å². The molecule has 0 amide bonds. The van der Waals surface area contributed by atoms with E-state index in [4.69, 9.17) is 17.0 Å². The van der Waals surface area contributed by atoms with Crippen LogP contribution in [-0.4, -0.2) is 49.1 Å². The zero-order valence-electron chi connectivity index (χ0n) is 14.3. The molecule has 1 fully saturated rings. The van der Waals surface area contributed by atoms with Crippen molar-refractivity contribution in [2.75, 3.05) is 30.0 Å². The summed E-state index contributed by atoms with van der Waals surface area (Å²) in [5, 5.41) is 3.82. The summed E-state index contributed by atoms with van der Waals surface area (Å²) >= 11 is 5.56. The smallest absolute Gasteiger partial charge is 0.173 e. The lowest BCUT2D eigenvalue weighted by Gasteiger charge is -2.31. The highest BCUT2D eigenvalue weighted by atomic mass is 32.2. The molecule has 0 unspecified atom stereocenters. The maximum Gasteiger partial charge on any atom is 0.173 e. The largest absolute Gasteiger partial charge is 0.494 e. The van der Waals surface area contributed by atoms with Crippen LogP contribution >= 0.6 is 12.2 Å². The molecule has 0 radical (unpaired) electrons. The number of rotatable bonds is 7. The van der Waals surface area contributed by atoms with E-state index in [1.54, 1.807) is 0 Å². The molecule has 0 bridgehead atoms. The van der Waals surface area contributed by atoms with E-state index >= 15 is 0 Å². The Morgan fingerprint density at radius 1 is 1.33 bits per heavy atom. The lowest BCUT2D eigenvalue weighted by Crippen LogP contribution is -2.44. The Morgan fingerprint density at radius 3 is 2.58 bits per heavy atom. The van der Waals surface area contributed by atoms with Gasteiger partial charge >= 0.3 is 0 Å². The van der Waals surface area contributed by atoms with E-state index in [2.05, 4.69) is 12.2 Å². The second-order valence-corrected chi connectivity index (χ2v) is 8.61. The summed E-state index contributed by atoms with van der Waals surface area (Å²) in [6.07, 6.45) is 2.68. The van der Waals surface area contributed by atoms with E-state index in [0.29, 0.717) is 18.1 Å². The number of unbranched alkanes of at least 4 members (excludes halogenated alkanes) is 1. The van der Waals surface area contributed by atoms with E-state index in [1.807, 2.05) is 36.1 Å². The summed E-state index contributed by atoms with van der Waals surface area (Å²) in [5.74, 6) is 1.27. The van der Waals surface area contributed by atoms with Crippen LogP contribution in [0.2, 0.25) is 0 Å². The summed E-state index contributed by atoms with van der Waals surface area (Å²) in [4.78, 5) is 2.04. The van der Waals surface area contributed by atoms with E-state index in [1.165, 1.54) is 0 Å². The molecule has 0 spiro atoms. The van der Waals surface area contributed by atoms with Crippen molar-refractivity contribution >= 4 is 32.9 Å². The highest BCUT2D eigenvalue weighted by Gasteiger charge is 2.33. The molecule has 0 aliphatic carbocycles. The van der Waals surface area contributed by atoms with Crippen LogP contribution in [0.4, 0.5) is 5.69 Å². The maximum absolute atomic E-state index is 11.8. The van der Waals surface area contributed by atoms with Crippen LogP contribution in [0.3, 0.4) is 0 Å². The summed E-state index contributed by atoms with van der Waals surface area (Å²) in [6.45, 7) is 5.47. The SMILES string of the molecule is CCCCN(C(=S)Nc1ccc(OCC)cc1)[C@@H]1CCS(=O)(=O)C1. The maximum atomic E-state index is 11.8. The zero-order valence-corrected chi connectivity index (χ0v) is 16.0. The van der Waals surface area contributed by atoms with Gasteiger partial charge in [-0.2, -0.15) is 0 Å². The monoisotopic (exact) mass is 370 g/mol. The van der Waals surface area contributed by atoms with Gasteiger partial charge in [-0.15, -0.1) is 0 Å². The topological polar surface area (TPSA) is 58.6 Å². The van der Waals surface area contributed by atoms with E-state index in [9.17, 15) is 8.42 Å². The van der Waals surface area contributed by atoms with Crippen LogP contribution in [0.15, 0.2) is 24.3 Å². The number of sulfone groups is 1. The van der Waals surface area contributed by atoms with Gasteiger partial charge in [0.05, 0.1) is 18.1 Å². The highest BCUT2D eigenvalue weighted by molar-refractivity contribution is 7.91. The Balaban J connectivity index is 2.04. The van der Waals surface area contributed by atoms with Gasteiger partial charge in [-0.25, -0.2) is 8.42 Å². The molecule has 0 aromatic heterocycles. The molecule has 1 heterocycles.